The Morgan fingerprint density at radius 3 is 2.47 bits per heavy atom. The van der Waals surface area contributed by atoms with Gasteiger partial charge in [0, 0.05) is 29.1 Å². The van der Waals surface area contributed by atoms with E-state index >= 15 is 0 Å². The number of pyridine rings is 1. The first kappa shape index (κ1) is 25.4. The molecule has 0 spiro atoms. The van der Waals surface area contributed by atoms with E-state index in [-0.39, 0.29) is 5.56 Å². The number of hydrogen-bond acceptors (Lipinski definition) is 2. The van der Waals surface area contributed by atoms with E-state index in [0.717, 1.165) is 57.3 Å². The van der Waals surface area contributed by atoms with E-state index in [1.165, 1.54) is 0 Å². The normalized spacial score (nSPS) is 15.6. The SMILES string of the molecule is [C-]#[N+]c1ccc(Cc2c(C)nc(C)n2C(C)(C)c2cc(C)n(C3=CCC(C)C=C3)c(=O)c2C)cc1C. The first-order valence-electron chi connectivity index (χ1n) is 12.6. The molecule has 1 aromatic carbocycles. The number of hydrogen-bond donors (Lipinski definition) is 0. The van der Waals surface area contributed by atoms with Gasteiger partial charge >= 0.3 is 0 Å². The molecule has 4 rings (SSSR count). The van der Waals surface area contributed by atoms with Gasteiger partial charge in [0.2, 0.25) is 0 Å². The molecule has 5 nitrogen and oxygen atoms in total. The van der Waals surface area contributed by atoms with Crippen molar-refractivity contribution in [3.8, 4) is 0 Å². The number of imidazole rings is 1. The van der Waals surface area contributed by atoms with Crippen LogP contribution in [0.3, 0.4) is 0 Å². The Morgan fingerprint density at radius 1 is 1.14 bits per heavy atom. The molecule has 2 heterocycles. The highest BCUT2D eigenvalue weighted by molar-refractivity contribution is 5.60. The summed E-state index contributed by atoms with van der Waals surface area (Å²) in [5.41, 5.74) is 8.13. The summed E-state index contributed by atoms with van der Waals surface area (Å²) in [5.74, 6) is 1.42. The Kier molecular flexibility index (Phi) is 6.66. The van der Waals surface area contributed by atoms with Gasteiger partial charge in [-0.2, -0.15) is 0 Å². The number of aromatic nitrogens is 3. The first-order valence-corrected chi connectivity index (χ1v) is 12.6. The fourth-order valence-electron chi connectivity index (χ4n) is 5.59. The predicted molar refractivity (Wildman–Crippen MR) is 148 cm³/mol. The molecule has 36 heavy (non-hydrogen) atoms. The first-order chi connectivity index (χ1) is 16.9. The van der Waals surface area contributed by atoms with E-state index in [1.54, 1.807) is 0 Å². The van der Waals surface area contributed by atoms with Gasteiger partial charge in [-0.3, -0.25) is 9.36 Å². The highest BCUT2D eigenvalue weighted by Crippen LogP contribution is 2.34. The number of rotatable bonds is 5. The molecule has 0 aliphatic heterocycles. The minimum atomic E-state index is -0.482. The van der Waals surface area contributed by atoms with Crippen LogP contribution in [-0.2, 0) is 12.0 Å². The smallest absolute Gasteiger partial charge is 0.258 e. The topological polar surface area (TPSA) is 44.2 Å². The molecule has 3 aromatic rings. The maximum absolute atomic E-state index is 13.7. The minimum absolute atomic E-state index is 0.0323. The maximum atomic E-state index is 13.7. The second kappa shape index (κ2) is 9.43. The zero-order valence-electron chi connectivity index (χ0n) is 22.7. The van der Waals surface area contributed by atoms with Crippen LogP contribution in [0.25, 0.3) is 10.5 Å². The number of benzene rings is 1. The zero-order valence-corrected chi connectivity index (χ0v) is 22.7. The van der Waals surface area contributed by atoms with Crippen molar-refractivity contribution >= 4 is 11.4 Å². The van der Waals surface area contributed by atoms with Gasteiger partial charge in [0.1, 0.15) is 5.82 Å². The van der Waals surface area contributed by atoms with Crippen LogP contribution in [0.1, 0.15) is 72.4 Å². The Hall–Kier alpha value is -3.65. The Balaban J connectivity index is 1.82. The highest BCUT2D eigenvalue weighted by atomic mass is 16.1. The van der Waals surface area contributed by atoms with Crippen LogP contribution < -0.4 is 5.56 Å². The van der Waals surface area contributed by atoms with Crippen LogP contribution in [0.4, 0.5) is 5.69 Å². The predicted octanol–water partition coefficient (Wildman–Crippen LogP) is 6.95. The van der Waals surface area contributed by atoms with Gasteiger partial charge in [-0.1, -0.05) is 37.3 Å². The molecule has 1 atom stereocenters. The van der Waals surface area contributed by atoms with Crippen LogP contribution in [0, 0.1) is 47.1 Å². The van der Waals surface area contributed by atoms with E-state index in [9.17, 15) is 4.79 Å². The molecule has 1 aliphatic rings. The van der Waals surface area contributed by atoms with E-state index < -0.39 is 5.54 Å². The lowest BCUT2D eigenvalue weighted by Gasteiger charge is -2.33. The van der Waals surface area contributed by atoms with Gasteiger partial charge in [-0.05, 0) is 89.6 Å². The molecule has 0 radical (unpaired) electrons. The van der Waals surface area contributed by atoms with Crippen molar-refractivity contribution in [3.05, 3.63) is 109 Å². The lowest BCUT2D eigenvalue weighted by Crippen LogP contribution is -2.35. The lowest BCUT2D eigenvalue weighted by atomic mass is 9.89. The molecule has 0 saturated carbocycles. The Labute approximate surface area is 214 Å². The number of allylic oxidation sites excluding steroid dienone is 4. The van der Waals surface area contributed by atoms with E-state index in [2.05, 4.69) is 60.5 Å². The summed E-state index contributed by atoms with van der Waals surface area (Å²) in [6.45, 7) is 23.9. The second-order valence-electron chi connectivity index (χ2n) is 10.7. The summed E-state index contributed by atoms with van der Waals surface area (Å²) < 4.78 is 4.12. The van der Waals surface area contributed by atoms with Crippen molar-refractivity contribution in [2.45, 2.75) is 73.8 Å². The third kappa shape index (κ3) is 4.37. The monoisotopic (exact) mass is 480 g/mol. The molecule has 0 fully saturated rings. The Morgan fingerprint density at radius 2 is 1.86 bits per heavy atom. The maximum Gasteiger partial charge on any atom is 0.258 e. The van der Waals surface area contributed by atoms with Gasteiger partial charge in [0.25, 0.3) is 5.56 Å². The van der Waals surface area contributed by atoms with Gasteiger partial charge in [-0.25, -0.2) is 9.83 Å². The summed E-state index contributed by atoms with van der Waals surface area (Å²) >= 11 is 0. The van der Waals surface area contributed by atoms with Crippen molar-refractivity contribution in [2.75, 3.05) is 0 Å². The standard InChI is InChI=1S/C31H36N4O/c1-19-10-13-26(14-11-19)34-21(3)17-27(22(4)30(34)36)31(7,8)35-24(6)33-23(5)29(35)18-25-12-15-28(32-9)20(2)16-25/h10,12-17,19H,11,18H2,1-8H3. The van der Waals surface area contributed by atoms with Crippen LogP contribution >= 0.6 is 0 Å². The fraction of sp³-hybridized carbons (Fsp3) is 0.387. The van der Waals surface area contributed by atoms with Gasteiger partial charge in [0.15, 0.2) is 5.69 Å². The third-order valence-corrected chi connectivity index (χ3v) is 7.50. The lowest BCUT2D eigenvalue weighted by molar-refractivity contribution is 0.410. The quantitative estimate of drug-likeness (QED) is 0.371. The minimum Gasteiger partial charge on any atom is -0.322 e. The van der Waals surface area contributed by atoms with Gasteiger partial charge in [-0.15, -0.1) is 0 Å². The van der Waals surface area contributed by atoms with Crippen molar-refractivity contribution in [3.63, 3.8) is 0 Å². The Bertz CT molecular complexity index is 1500. The number of nitrogens with zero attached hydrogens (tertiary/aromatic N) is 4. The molecule has 0 N–H and O–H groups in total. The van der Waals surface area contributed by atoms with Crippen molar-refractivity contribution in [1.29, 1.82) is 0 Å². The molecule has 1 aliphatic carbocycles. The van der Waals surface area contributed by atoms with Crippen LogP contribution in [0.5, 0.6) is 0 Å². The average Bonchev–Trinajstić information content (AvgIpc) is 3.10. The van der Waals surface area contributed by atoms with Crippen molar-refractivity contribution in [2.24, 2.45) is 5.92 Å². The fourth-order valence-corrected chi connectivity index (χ4v) is 5.59. The average molecular weight is 481 g/mol. The molecule has 1 unspecified atom stereocenters. The molecule has 2 aromatic heterocycles. The molecule has 0 amide bonds. The molecule has 0 bridgehead atoms. The summed E-state index contributed by atoms with van der Waals surface area (Å²) in [7, 11) is 0. The van der Waals surface area contributed by atoms with Gasteiger partial charge < -0.3 is 4.57 Å². The summed E-state index contributed by atoms with van der Waals surface area (Å²) in [5, 5.41) is 0. The summed E-state index contributed by atoms with van der Waals surface area (Å²) in [6.07, 6.45) is 8.05. The van der Waals surface area contributed by atoms with E-state index in [1.807, 2.05) is 51.3 Å². The van der Waals surface area contributed by atoms with Crippen molar-refractivity contribution in [1.82, 2.24) is 14.1 Å². The highest BCUT2D eigenvalue weighted by Gasteiger charge is 2.32. The van der Waals surface area contributed by atoms with Crippen LogP contribution in [0.2, 0.25) is 0 Å². The van der Waals surface area contributed by atoms with Crippen molar-refractivity contribution < 1.29 is 0 Å². The zero-order chi connectivity index (χ0) is 26.4. The van der Waals surface area contributed by atoms with Crippen LogP contribution in [-0.4, -0.2) is 14.1 Å². The molecular weight excluding hydrogens is 444 g/mol. The van der Waals surface area contributed by atoms with Crippen LogP contribution in [0.15, 0.2) is 47.3 Å². The largest absolute Gasteiger partial charge is 0.322 e. The molecule has 0 saturated heterocycles. The number of aryl methyl sites for hydroxylation is 4. The molecular formula is C31H36N4O. The van der Waals surface area contributed by atoms with E-state index in [4.69, 9.17) is 11.6 Å². The molecule has 5 heteroatoms. The van der Waals surface area contributed by atoms with E-state index in [0.29, 0.717) is 18.0 Å². The summed E-state index contributed by atoms with van der Waals surface area (Å²) in [6, 6.07) is 8.18. The second-order valence-corrected chi connectivity index (χ2v) is 10.7. The summed E-state index contributed by atoms with van der Waals surface area (Å²) in [4.78, 5) is 22.1. The van der Waals surface area contributed by atoms with Gasteiger partial charge in [0.05, 0.1) is 17.8 Å². The molecule has 186 valence electrons. The third-order valence-electron chi connectivity index (χ3n) is 7.50.